The van der Waals surface area contributed by atoms with Gasteiger partial charge in [-0.25, -0.2) is 17.9 Å². The monoisotopic (exact) mass is 375 g/mol. The molecule has 1 aliphatic carbocycles. The number of carboxylic acid groups (broad SMARTS) is 1. The predicted octanol–water partition coefficient (Wildman–Crippen LogP) is 3.15. The van der Waals surface area contributed by atoms with Crippen LogP contribution in [0.1, 0.15) is 48.9 Å². The molecular formula is C14H18BrNO4S. The number of rotatable bonds is 4. The van der Waals surface area contributed by atoms with Gasteiger partial charge < -0.3 is 5.11 Å². The fourth-order valence-corrected chi connectivity index (χ4v) is 4.91. The van der Waals surface area contributed by atoms with Gasteiger partial charge in [-0.1, -0.05) is 25.7 Å². The van der Waals surface area contributed by atoms with Gasteiger partial charge in [0.05, 0.1) is 10.5 Å². The first kappa shape index (κ1) is 16.5. The fourth-order valence-electron chi connectivity index (χ4n) is 2.53. The number of carboxylic acids is 1. The van der Waals surface area contributed by atoms with Crippen LogP contribution in [0.15, 0.2) is 27.6 Å². The summed E-state index contributed by atoms with van der Waals surface area (Å²) in [5.41, 5.74) is 0.0512. The minimum Gasteiger partial charge on any atom is -0.478 e. The Balaban J connectivity index is 2.20. The van der Waals surface area contributed by atoms with Gasteiger partial charge in [0.1, 0.15) is 0 Å². The van der Waals surface area contributed by atoms with Gasteiger partial charge in [-0.2, -0.15) is 0 Å². The summed E-state index contributed by atoms with van der Waals surface area (Å²) in [5.74, 6) is -1.09. The number of hydrogen-bond acceptors (Lipinski definition) is 3. The van der Waals surface area contributed by atoms with E-state index in [4.69, 9.17) is 5.11 Å². The second kappa shape index (κ2) is 6.89. The second-order valence-corrected chi connectivity index (χ2v) is 7.80. The van der Waals surface area contributed by atoms with E-state index in [1.54, 1.807) is 0 Å². The zero-order valence-electron chi connectivity index (χ0n) is 11.5. The first-order valence-corrected chi connectivity index (χ1v) is 9.23. The average molecular weight is 376 g/mol. The van der Waals surface area contributed by atoms with Crippen molar-refractivity contribution in [1.82, 2.24) is 4.72 Å². The van der Waals surface area contributed by atoms with Crippen LogP contribution < -0.4 is 4.72 Å². The molecule has 1 aromatic rings. The van der Waals surface area contributed by atoms with Crippen LogP contribution in [0, 0.1) is 0 Å². The van der Waals surface area contributed by atoms with Crippen molar-refractivity contribution in [1.29, 1.82) is 0 Å². The van der Waals surface area contributed by atoms with E-state index < -0.39 is 16.0 Å². The van der Waals surface area contributed by atoms with Gasteiger partial charge >= 0.3 is 5.97 Å². The minimum absolute atomic E-state index is 0.0384. The smallest absolute Gasteiger partial charge is 0.335 e. The van der Waals surface area contributed by atoms with Crippen LogP contribution in [-0.4, -0.2) is 25.5 Å². The van der Waals surface area contributed by atoms with Crippen molar-refractivity contribution < 1.29 is 18.3 Å². The van der Waals surface area contributed by atoms with E-state index in [1.165, 1.54) is 18.2 Å². The maximum Gasteiger partial charge on any atom is 0.335 e. The number of aromatic carboxylic acids is 1. The molecule has 0 heterocycles. The van der Waals surface area contributed by atoms with E-state index in [0.717, 1.165) is 38.5 Å². The summed E-state index contributed by atoms with van der Waals surface area (Å²) < 4.78 is 27.9. The van der Waals surface area contributed by atoms with Gasteiger partial charge in [0, 0.05) is 10.5 Å². The molecule has 0 aromatic heterocycles. The SMILES string of the molecule is O=C(O)c1ccc(S(=O)(=O)NC2CCCCCC2)c(Br)c1. The third kappa shape index (κ3) is 4.28. The number of carbonyl (C=O) groups is 1. The highest BCUT2D eigenvalue weighted by Crippen LogP contribution is 2.25. The molecule has 0 bridgehead atoms. The van der Waals surface area contributed by atoms with Crippen LogP contribution in [-0.2, 0) is 10.0 Å². The second-order valence-electron chi connectivity index (χ2n) is 5.26. The van der Waals surface area contributed by atoms with Crippen LogP contribution in [0.3, 0.4) is 0 Å². The quantitative estimate of drug-likeness (QED) is 0.791. The third-order valence-corrected chi connectivity index (χ3v) is 6.14. The van der Waals surface area contributed by atoms with Gasteiger partial charge in [-0.3, -0.25) is 0 Å². The summed E-state index contributed by atoms with van der Waals surface area (Å²) in [6.45, 7) is 0. The maximum absolute atomic E-state index is 12.4. The molecule has 2 rings (SSSR count). The van der Waals surface area contributed by atoms with Crippen LogP contribution in [0.25, 0.3) is 0 Å². The number of benzene rings is 1. The Morgan fingerprint density at radius 3 is 2.33 bits per heavy atom. The lowest BCUT2D eigenvalue weighted by Gasteiger charge is -2.17. The van der Waals surface area contributed by atoms with Crippen molar-refractivity contribution >= 4 is 31.9 Å². The van der Waals surface area contributed by atoms with E-state index in [9.17, 15) is 13.2 Å². The van der Waals surface area contributed by atoms with E-state index in [2.05, 4.69) is 20.7 Å². The molecule has 1 aliphatic rings. The molecule has 0 unspecified atom stereocenters. The molecule has 21 heavy (non-hydrogen) atoms. The standard InChI is InChI=1S/C14H18BrNO4S/c15-12-9-10(14(17)18)7-8-13(12)21(19,20)16-11-5-3-1-2-4-6-11/h7-9,11,16H,1-6H2,(H,17,18). The zero-order chi connectivity index (χ0) is 15.5. The lowest BCUT2D eigenvalue weighted by molar-refractivity contribution is 0.0696. The maximum atomic E-state index is 12.4. The summed E-state index contributed by atoms with van der Waals surface area (Å²) in [5, 5.41) is 8.91. The largest absolute Gasteiger partial charge is 0.478 e. The molecular weight excluding hydrogens is 358 g/mol. The molecule has 0 spiro atoms. The Bertz CT molecular complexity index is 622. The van der Waals surface area contributed by atoms with Crippen LogP contribution in [0.4, 0.5) is 0 Å². The number of halogens is 1. The van der Waals surface area contributed by atoms with E-state index in [0.29, 0.717) is 0 Å². The summed E-state index contributed by atoms with van der Waals surface area (Å²) in [6.07, 6.45) is 6.07. The normalized spacial score (nSPS) is 17.4. The predicted molar refractivity (Wildman–Crippen MR) is 82.9 cm³/mol. The highest BCUT2D eigenvalue weighted by Gasteiger charge is 2.23. The van der Waals surface area contributed by atoms with Crippen molar-refractivity contribution in [3.05, 3.63) is 28.2 Å². The van der Waals surface area contributed by atoms with E-state index in [-0.39, 0.29) is 21.0 Å². The molecule has 2 N–H and O–H groups in total. The van der Waals surface area contributed by atoms with Crippen molar-refractivity contribution in [3.63, 3.8) is 0 Å². The summed E-state index contributed by atoms with van der Waals surface area (Å²) in [7, 11) is -3.64. The lowest BCUT2D eigenvalue weighted by Crippen LogP contribution is -2.34. The van der Waals surface area contributed by atoms with Gasteiger partial charge in [0.15, 0.2) is 0 Å². The molecule has 116 valence electrons. The van der Waals surface area contributed by atoms with E-state index in [1.807, 2.05) is 0 Å². The Kier molecular flexibility index (Phi) is 5.40. The summed E-state index contributed by atoms with van der Waals surface area (Å²) >= 11 is 3.15. The van der Waals surface area contributed by atoms with Crippen molar-refractivity contribution in [2.24, 2.45) is 0 Å². The fraction of sp³-hybridized carbons (Fsp3) is 0.500. The van der Waals surface area contributed by atoms with E-state index >= 15 is 0 Å². The van der Waals surface area contributed by atoms with Gasteiger partial charge in [0.25, 0.3) is 0 Å². The average Bonchev–Trinajstić information content (AvgIpc) is 2.66. The highest BCUT2D eigenvalue weighted by molar-refractivity contribution is 9.10. The molecule has 5 nitrogen and oxygen atoms in total. The van der Waals surface area contributed by atoms with Gasteiger partial charge in [-0.15, -0.1) is 0 Å². The summed E-state index contributed by atoms with van der Waals surface area (Å²) in [4.78, 5) is 11.0. The first-order chi connectivity index (χ1) is 9.90. The molecule has 1 fully saturated rings. The van der Waals surface area contributed by atoms with Crippen molar-refractivity contribution in [2.45, 2.75) is 49.5 Å². The number of nitrogens with one attached hydrogen (secondary N) is 1. The number of sulfonamides is 1. The summed E-state index contributed by atoms with van der Waals surface area (Å²) in [6, 6.07) is 3.90. The molecule has 7 heteroatoms. The molecule has 0 saturated heterocycles. The van der Waals surface area contributed by atoms with Crippen molar-refractivity contribution in [3.8, 4) is 0 Å². The topological polar surface area (TPSA) is 83.5 Å². The first-order valence-electron chi connectivity index (χ1n) is 6.95. The third-order valence-electron chi connectivity index (χ3n) is 3.65. The van der Waals surface area contributed by atoms with Crippen molar-refractivity contribution in [2.75, 3.05) is 0 Å². The molecule has 1 saturated carbocycles. The lowest BCUT2D eigenvalue weighted by atomic mass is 10.1. The Labute approximate surface area is 132 Å². The number of hydrogen-bond donors (Lipinski definition) is 2. The molecule has 0 aliphatic heterocycles. The highest BCUT2D eigenvalue weighted by atomic mass is 79.9. The van der Waals surface area contributed by atoms with Crippen LogP contribution in [0.5, 0.6) is 0 Å². The van der Waals surface area contributed by atoms with Crippen LogP contribution in [0.2, 0.25) is 0 Å². The van der Waals surface area contributed by atoms with Crippen LogP contribution >= 0.6 is 15.9 Å². The minimum atomic E-state index is -3.64. The van der Waals surface area contributed by atoms with Gasteiger partial charge in [0.2, 0.25) is 10.0 Å². The van der Waals surface area contributed by atoms with Gasteiger partial charge in [-0.05, 0) is 47.0 Å². The Morgan fingerprint density at radius 2 is 1.81 bits per heavy atom. The molecule has 0 atom stereocenters. The molecule has 1 aromatic carbocycles. The molecule has 0 radical (unpaired) electrons. The Hall–Kier alpha value is -0.920. The zero-order valence-corrected chi connectivity index (χ0v) is 13.9. The Morgan fingerprint density at radius 1 is 1.19 bits per heavy atom. The molecule has 0 amide bonds.